The molecule has 1 fully saturated rings. The van der Waals surface area contributed by atoms with Crippen molar-refractivity contribution < 1.29 is 9.59 Å². The van der Waals surface area contributed by atoms with E-state index in [0.717, 1.165) is 24.6 Å². The number of amides is 2. The highest BCUT2D eigenvalue weighted by Crippen LogP contribution is 2.18. The topological polar surface area (TPSA) is 104 Å². The molecule has 8 heteroatoms. The number of anilines is 1. The fourth-order valence-electron chi connectivity index (χ4n) is 2.98. The summed E-state index contributed by atoms with van der Waals surface area (Å²) in [5, 5.41) is 6.23. The van der Waals surface area contributed by atoms with Crippen molar-refractivity contribution in [1.29, 1.82) is 0 Å². The minimum absolute atomic E-state index is 0.0746. The molecule has 0 saturated heterocycles. The molecule has 1 aliphatic carbocycles. The Hall–Kier alpha value is -2.61. The number of hydrogen-bond donors (Lipinski definition) is 3. The van der Waals surface area contributed by atoms with Crippen LogP contribution in [0.25, 0.3) is 0 Å². The molecular formula is C19H22N4O3S. The quantitative estimate of drug-likeness (QED) is 0.523. The number of aromatic nitrogens is 2. The largest absolute Gasteiger partial charge is 0.349 e. The van der Waals surface area contributed by atoms with Crippen LogP contribution in [-0.4, -0.2) is 33.6 Å². The average molecular weight is 386 g/mol. The van der Waals surface area contributed by atoms with Gasteiger partial charge in [0.05, 0.1) is 5.75 Å². The highest BCUT2D eigenvalue weighted by molar-refractivity contribution is 7.99. The van der Waals surface area contributed by atoms with Crippen molar-refractivity contribution in [2.75, 3.05) is 11.1 Å². The van der Waals surface area contributed by atoms with Crippen molar-refractivity contribution in [1.82, 2.24) is 15.3 Å². The molecule has 2 aromatic rings. The van der Waals surface area contributed by atoms with Gasteiger partial charge in [-0.05, 0) is 37.1 Å². The van der Waals surface area contributed by atoms with E-state index in [-0.39, 0.29) is 29.2 Å². The maximum absolute atomic E-state index is 12.3. The zero-order chi connectivity index (χ0) is 19.1. The van der Waals surface area contributed by atoms with Gasteiger partial charge in [0.2, 0.25) is 5.91 Å². The van der Waals surface area contributed by atoms with Crippen molar-refractivity contribution >= 4 is 29.3 Å². The molecule has 0 bridgehead atoms. The molecule has 1 saturated carbocycles. The van der Waals surface area contributed by atoms with Crippen LogP contribution in [0.4, 0.5) is 5.69 Å². The Morgan fingerprint density at radius 2 is 1.85 bits per heavy atom. The minimum atomic E-state index is -0.255. The summed E-state index contributed by atoms with van der Waals surface area (Å²) >= 11 is 1.15. The van der Waals surface area contributed by atoms with Crippen molar-refractivity contribution in [3.8, 4) is 0 Å². The van der Waals surface area contributed by atoms with E-state index in [1.165, 1.54) is 31.5 Å². The summed E-state index contributed by atoms with van der Waals surface area (Å²) in [5.41, 5.74) is 0.943. The molecular weight excluding hydrogens is 364 g/mol. The Kier molecular flexibility index (Phi) is 6.64. The molecule has 1 aromatic carbocycles. The molecule has 3 N–H and O–H groups in total. The molecule has 0 radical (unpaired) electrons. The van der Waals surface area contributed by atoms with E-state index >= 15 is 0 Å². The number of aromatic amines is 1. The fraction of sp³-hybridized carbons (Fsp3) is 0.368. The number of nitrogens with zero attached hydrogens (tertiary/aromatic N) is 1. The molecule has 1 aromatic heterocycles. The molecule has 3 rings (SSSR count). The number of nitrogens with one attached hydrogen (secondary N) is 3. The highest BCUT2D eigenvalue weighted by atomic mass is 32.2. The molecule has 0 unspecified atom stereocenters. The van der Waals surface area contributed by atoms with Crippen LogP contribution in [0.3, 0.4) is 0 Å². The second-order valence-electron chi connectivity index (χ2n) is 6.46. The highest BCUT2D eigenvalue weighted by Gasteiger charge is 2.16. The number of carbonyl (C=O) groups is 2. The maximum Gasteiger partial charge on any atom is 0.251 e. The zero-order valence-electron chi connectivity index (χ0n) is 14.9. The molecule has 142 valence electrons. The Labute approximate surface area is 161 Å². The first kappa shape index (κ1) is 19.2. The molecule has 0 atom stereocenters. The standard InChI is InChI=1S/C19H22N4O3S/c24-16-10-11-20-19(23-16)27-12-17(25)21-15-8-6-13(7-9-15)18(26)22-14-4-2-1-3-5-14/h6-11,14H,1-5,12H2,(H,21,25)(H,22,26)(H,20,23,24). The second kappa shape index (κ2) is 9.36. The lowest BCUT2D eigenvalue weighted by Gasteiger charge is -2.22. The SMILES string of the molecule is O=C(CSc1nccc(=O)[nH]1)Nc1ccc(C(=O)NC2CCCCC2)cc1. The Morgan fingerprint density at radius 1 is 1.11 bits per heavy atom. The third kappa shape index (κ3) is 5.96. The Morgan fingerprint density at radius 3 is 2.56 bits per heavy atom. The van der Waals surface area contributed by atoms with Crippen molar-refractivity contribution in [3.63, 3.8) is 0 Å². The summed E-state index contributed by atoms with van der Waals surface area (Å²) in [6.07, 6.45) is 7.06. The van der Waals surface area contributed by atoms with Crippen LogP contribution < -0.4 is 16.2 Å². The number of thioether (sulfide) groups is 1. The van der Waals surface area contributed by atoms with Crippen molar-refractivity contribution in [2.24, 2.45) is 0 Å². The molecule has 0 spiro atoms. The van der Waals surface area contributed by atoms with Gasteiger partial charge in [0.15, 0.2) is 5.16 Å². The van der Waals surface area contributed by atoms with Crippen LogP contribution in [0.15, 0.2) is 46.5 Å². The number of benzene rings is 1. The predicted molar refractivity (Wildman–Crippen MR) is 105 cm³/mol. The van der Waals surface area contributed by atoms with Crippen LogP contribution in [0.2, 0.25) is 0 Å². The summed E-state index contributed by atoms with van der Waals surface area (Å²) in [6, 6.07) is 8.41. The summed E-state index contributed by atoms with van der Waals surface area (Å²) in [7, 11) is 0. The van der Waals surface area contributed by atoms with Gasteiger partial charge in [-0.3, -0.25) is 14.4 Å². The van der Waals surface area contributed by atoms with Gasteiger partial charge in [0.25, 0.3) is 11.5 Å². The zero-order valence-corrected chi connectivity index (χ0v) is 15.7. The van der Waals surface area contributed by atoms with E-state index in [1.54, 1.807) is 24.3 Å². The van der Waals surface area contributed by atoms with E-state index in [0.29, 0.717) is 16.4 Å². The maximum atomic E-state index is 12.3. The van der Waals surface area contributed by atoms with Gasteiger partial charge in [-0.1, -0.05) is 31.0 Å². The van der Waals surface area contributed by atoms with Gasteiger partial charge in [-0.25, -0.2) is 4.98 Å². The smallest absolute Gasteiger partial charge is 0.251 e. The molecule has 1 heterocycles. The van der Waals surface area contributed by atoms with Gasteiger partial charge >= 0.3 is 0 Å². The van der Waals surface area contributed by atoms with Crippen molar-refractivity contribution in [3.05, 3.63) is 52.4 Å². The van der Waals surface area contributed by atoms with Crippen molar-refractivity contribution in [2.45, 2.75) is 43.3 Å². The van der Waals surface area contributed by atoms with Gasteiger partial charge in [0, 0.05) is 29.6 Å². The van der Waals surface area contributed by atoms with E-state index in [9.17, 15) is 14.4 Å². The number of hydrogen-bond acceptors (Lipinski definition) is 5. The third-order valence-electron chi connectivity index (χ3n) is 4.36. The van der Waals surface area contributed by atoms with E-state index in [2.05, 4.69) is 20.6 Å². The number of carbonyl (C=O) groups excluding carboxylic acids is 2. The second-order valence-corrected chi connectivity index (χ2v) is 7.43. The van der Waals surface area contributed by atoms with E-state index in [1.807, 2.05) is 0 Å². The molecule has 2 amide bonds. The summed E-state index contributed by atoms with van der Waals surface area (Å²) in [4.78, 5) is 42.0. The Balaban J connectivity index is 1.48. The van der Waals surface area contributed by atoms with Crippen LogP contribution in [0.1, 0.15) is 42.5 Å². The van der Waals surface area contributed by atoms with Gasteiger partial charge < -0.3 is 15.6 Å². The predicted octanol–water partition coefficient (Wildman–Crippen LogP) is 2.56. The summed E-state index contributed by atoms with van der Waals surface area (Å²) in [5.74, 6) is -0.169. The number of H-pyrrole nitrogens is 1. The molecule has 27 heavy (non-hydrogen) atoms. The Bertz CT molecular complexity index is 845. The van der Waals surface area contributed by atoms with Gasteiger partial charge in [-0.15, -0.1) is 0 Å². The van der Waals surface area contributed by atoms with Gasteiger partial charge in [0.1, 0.15) is 0 Å². The van der Waals surface area contributed by atoms with E-state index in [4.69, 9.17) is 0 Å². The average Bonchev–Trinajstić information content (AvgIpc) is 2.68. The summed E-state index contributed by atoms with van der Waals surface area (Å²) in [6.45, 7) is 0. The number of rotatable bonds is 6. The lowest BCUT2D eigenvalue weighted by molar-refractivity contribution is -0.113. The first-order chi connectivity index (χ1) is 13.1. The molecule has 0 aliphatic heterocycles. The van der Waals surface area contributed by atoms with Gasteiger partial charge in [-0.2, -0.15) is 0 Å². The first-order valence-corrected chi connectivity index (χ1v) is 9.97. The minimum Gasteiger partial charge on any atom is -0.349 e. The normalized spacial score (nSPS) is 14.5. The van der Waals surface area contributed by atoms with Crippen LogP contribution in [0.5, 0.6) is 0 Å². The lowest BCUT2D eigenvalue weighted by Crippen LogP contribution is -2.36. The van der Waals surface area contributed by atoms with E-state index < -0.39 is 0 Å². The fourth-order valence-corrected chi connectivity index (χ4v) is 3.63. The molecule has 7 nitrogen and oxygen atoms in total. The van der Waals surface area contributed by atoms with Crippen LogP contribution >= 0.6 is 11.8 Å². The third-order valence-corrected chi connectivity index (χ3v) is 5.25. The summed E-state index contributed by atoms with van der Waals surface area (Å²) < 4.78 is 0. The van der Waals surface area contributed by atoms with Crippen LogP contribution in [0, 0.1) is 0 Å². The molecule has 1 aliphatic rings. The first-order valence-electron chi connectivity index (χ1n) is 8.99. The monoisotopic (exact) mass is 386 g/mol. The van der Waals surface area contributed by atoms with Crippen LogP contribution in [-0.2, 0) is 4.79 Å². The lowest BCUT2D eigenvalue weighted by atomic mass is 9.95.